The smallest absolute Gasteiger partial charge is 0.338 e. The van der Waals surface area contributed by atoms with Gasteiger partial charge in [0.05, 0.1) is 0 Å². The summed E-state index contributed by atoms with van der Waals surface area (Å²) in [5.74, 6) is 4.08. The number of esters is 3. The van der Waals surface area contributed by atoms with Crippen molar-refractivity contribution in [2.24, 2.45) is 0 Å². The molecule has 0 radical (unpaired) electrons. The first kappa shape index (κ1) is 42.9. The van der Waals surface area contributed by atoms with Gasteiger partial charge >= 0.3 is 17.9 Å². The molecule has 0 atom stereocenters. The molecule has 0 saturated heterocycles. The summed E-state index contributed by atoms with van der Waals surface area (Å²) in [7, 11) is 0. The van der Waals surface area contributed by atoms with E-state index in [-0.39, 0.29) is 73.4 Å². The topological polar surface area (TPSA) is 116 Å². The molecule has 0 bridgehead atoms. The predicted molar refractivity (Wildman–Crippen MR) is 207 cm³/mol. The molecule has 55 heavy (non-hydrogen) atoms. The van der Waals surface area contributed by atoms with Crippen LogP contribution in [0.4, 0.5) is 4.39 Å². The second-order valence-electron chi connectivity index (χ2n) is 12.2. The molecule has 0 aromatic heterocycles. The Labute approximate surface area is 321 Å². The summed E-state index contributed by atoms with van der Waals surface area (Å²) in [6.07, 6.45) is 0. The van der Waals surface area contributed by atoms with Crippen molar-refractivity contribution in [3.05, 3.63) is 132 Å². The lowest BCUT2D eigenvalue weighted by Gasteiger charge is -2.20. The number of hydrogen-bond donors (Lipinski definition) is 0. The van der Waals surface area contributed by atoms with Gasteiger partial charge in [0.1, 0.15) is 68.2 Å². The summed E-state index contributed by atoms with van der Waals surface area (Å²) in [6, 6.07) is 13.3. The standard InChI is InChI=1S/C44H45FO10/c1-27(2)32(10)49-21-24-52-40-31(9)38(34-14-18-36(19-15-34)51-23-26-54-43(47)29(5)6)41(55-44(48)30(7)8)39(45)37(40)20-13-33-11-16-35(17-12-33)50-22-25-53-42(46)28(3)4/h11-12,14-19H,1,3,5,7,10,21-26H2,2,4,6,8-9H3. The van der Waals surface area contributed by atoms with E-state index in [1.807, 2.05) is 0 Å². The third-order valence-electron chi connectivity index (χ3n) is 7.41. The van der Waals surface area contributed by atoms with Crippen LogP contribution in [0, 0.1) is 24.6 Å². The van der Waals surface area contributed by atoms with E-state index in [0.717, 1.165) is 0 Å². The fraction of sp³-hybridized carbons (Fsp3) is 0.250. The second kappa shape index (κ2) is 20.6. The second-order valence-corrected chi connectivity index (χ2v) is 12.2. The monoisotopic (exact) mass is 752 g/mol. The normalized spacial score (nSPS) is 10.1. The fourth-order valence-corrected chi connectivity index (χ4v) is 4.46. The summed E-state index contributed by atoms with van der Waals surface area (Å²) in [6.45, 7) is 26.7. The lowest BCUT2D eigenvalue weighted by atomic mass is 9.95. The minimum absolute atomic E-state index is 0.0119. The number of carbonyl (C=O) groups excluding carboxylic acids is 3. The van der Waals surface area contributed by atoms with E-state index in [1.54, 1.807) is 76.2 Å². The van der Waals surface area contributed by atoms with Crippen molar-refractivity contribution in [3.63, 3.8) is 0 Å². The summed E-state index contributed by atoms with van der Waals surface area (Å²) in [4.78, 5) is 36.1. The molecule has 10 nitrogen and oxygen atoms in total. The minimum Gasteiger partial charge on any atom is -0.490 e. The summed E-state index contributed by atoms with van der Waals surface area (Å²) in [5, 5.41) is 0. The number of benzene rings is 3. The van der Waals surface area contributed by atoms with Crippen molar-refractivity contribution in [1.29, 1.82) is 0 Å². The molecule has 0 aliphatic rings. The SMILES string of the molecule is C=C(C)C(=C)OCCOc1c(C)c(-c2ccc(OCCOC(=O)C(=C)C)cc2)c(OC(=O)C(=C)C)c(F)c1C#Cc1ccc(OCCOC(=O)C(=C)C)cc1. The molecule has 0 aliphatic carbocycles. The Hall–Kier alpha value is -6.54. The maximum absolute atomic E-state index is 16.8. The predicted octanol–water partition coefficient (Wildman–Crippen LogP) is 8.16. The van der Waals surface area contributed by atoms with E-state index in [9.17, 15) is 14.4 Å². The van der Waals surface area contributed by atoms with Gasteiger partial charge in [-0.3, -0.25) is 0 Å². The number of halogens is 1. The number of hydrogen-bond acceptors (Lipinski definition) is 10. The van der Waals surface area contributed by atoms with Crippen molar-refractivity contribution in [2.75, 3.05) is 39.6 Å². The highest BCUT2D eigenvalue weighted by Gasteiger charge is 2.27. The zero-order valence-electron chi connectivity index (χ0n) is 31.9. The van der Waals surface area contributed by atoms with Crippen molar-refractivity contribution in [2.45, 2.75) is 34.6 Å². The molecule has 0 spiro atoms. The van der Waals surface area contributed by atoms with E-state index < -0.39 is 23.7 Å². The van der Waals surface area contributed by atoms with Crippen LogP contribution in [0.3, 0.4) is 0 Å². The van der Waals surface area contributed by atoms with E-state index in [1.165, 1.54) is 6.92 Å². The Bertz CT molecular complexity index is 2030. The highest BCUT2D eigenvalue weighted by molar-refractivity contribution is 5.91. The Morgan fingerprint density at radius 2 is 1.05 bits per heavy atom. The van der Waals surface area contributed by atoms with Crippen LogP contribution in [0.15, 0.2) is 109 Å². The van der Waals surface area contributed by atoms with E-state index in [2.05, 4.69) is 44.7 Å². The van der Waals surface area contributed by atoms with Crippen LogP contribution in [0.5, 0.6) is 23.0 Å². The van der Waals surface area contributed by atoms with Gasteiger partial charge in [-0.1, -0.05) is 56.9 Å². The van der Waals surface area contributed by atoms with E-state index in [4.69, 9.17) is 33.2 Å². The van der Waals surface area contributed by atoms with Gasteiger partial charge < -0.3 is 33.2 Å². The molecule has 0 saturated carbocycles. The number of carbonyl (C=O) groups is 3. The molecular formula is C44H45FO10. The lowest BCUT2D eigenvalue weighted by Crippen LogP contribution is -2.14. The van der Waals surface area contributed by atoms with Gasteiger partial charge in [0, 0.05) is 33.4 Å². The van der Waals surface area contributed by atoms with E-state index >= 15 is 4.39 Å². The van der Waals surface area contributed by atoms with Crippen molar-refractivity contribution >= 4 is 17.9 Å². The van der Waals surface area contributed by atoms with Gasteiger partial charge in [-0.2, -0.15) is 0 Å². The molecule has 3 rings (SSSR count). The maximum atomic E-state index is 16.8. The first-order valence-corrected chi connectivity index (χ1v) is 17.1. The molecular weight excluding hydrogens is 707 g/mol. The molecule has 3 aromatic carbocycles. The van der Waals surface area contributed by atoms with Crippen molar-refractivity contribution < 1.29 is 51.9 Å². The highest BCUT2D eigenvalue weighted by atomic mass is 19.1. The molecule has 3 aromatic rings. The summed E-state index contributed by atoms with van der Waals surface area (Å²) < 4.78 is 55.6. The number of allylic oxidation sites excluding steroid dienone is 1. The molecule has 0 heterocycles. The van der Waals surface area contributed by atoms with Gasteiger partial charge in [-0.05, 0) is 82.2 Å². The fourth-order valence-electron chi connectivity index (χ4n) is 4.46. The lowest BCUT2D eigenvalue weighted by molar-refractivity contribution is -0.140. The van der Waals surface area contributed by atoms with Crippen LogP contribution in [0.1, 0.15) is 44.4 Å². The molecule has 0 amide bonds. The first-order valence-electron chi connectivity index (χ1n) is 17.1. The van der Waals surface area contributed by atoms with Gasteiger partial charge in [-0.15, -0.1) is 0 Å². The van der Waals surface area contributed by atoms with E-state index in [0.29, 0.717) is 45.1 Å². The number of ether oxygens (including phenoxy) is 7. The van der Waals surface area contributed by atoms with Crippen LogP contribution < -0.4 is 18.9 Å². The molecule has 0 unspecified atom stereocenters. The molecule has 0 N–H and O–H groups in total. The van der Waals surface area contributed by atoms with Crippen molar-refractivity contribution in [3.8, 4) is 46.0 Å². The molecule has 0 aliphatic heterocycles. The minimum atomic E-state index is -0.936. The van der Waals surface area contributed by atoms with Crippen LogP contribution >= 0.6 is 0 Å². The van der Waals surface area contributed by atoms with Gasteiger partial charge in [0.15, 0.2) is 11.6 Å². The largest absolute Gasteiger partial charge is 0.490 e. The van der Waals surface area contributed by atoms with Crippen molar-refractivity contribution in [1.82, 2.24) is 0 Å². The average molecular weight is 753 g/mol. The van der Waals surface area contributed by atoms with Gasteiger partial charge in [-0.25, -0.2) is 18.8 Å². The van der Waals surface area contributed by atoms with Crippen LogP contribution in [0.2, 0.25) is 0 Å². The van der Waals surface area contributed by atoms with Gasteiger partial charge in [0.2, 0.25) is 0 Å². The summed E-state index contributed by atoms with van der Waals surface area (Å²) in [5.41, 5.74) is 2.75. The zero-order chi connectivity index (χ0) is 40.7. The van der Waals surface area contributed by atoms with Crippen LogP contribution in [0.25, 0.3) is 11.1 Å². The highest BCUT2D eigenvalue weighted by Crippen LogP contribution is 2.44. The Morgan fingerprint density at radius 3 is 1.55 bits per heavy atom. The maximum Gasteiger partial charge on any atom is 0.338 e. The summed E-state index contributed by atoms with van der Waals surface area (Å²) >= 11 is 0. The van der Waals surface area contributed by atoms with Gasteiger partial charge in [0.25, 0.3) is 0 Å². The zero-order valence-corrected chi connectivity index (χ0v) is 31.9. The third kappa shape index (κ3) is 12.8. The quantitative estimate of drug-likeness (QED) is 0.0226. The van der Waals surface area contributed by atoms with Crippen LogP contribution in [-0.4, -0.2) is 57.5 Å². The first-order chi connectivity index (χ1) is 26.1. The number of rotatable bonds is 19. The third-order valence-corrected chi connectivity index (χ3v) is 7.41. The molecule has 0 fully saturated rings. The van der Waals surface area contributed by atoms with Crippen LogP contribution in [-0.2, 0) is 28.6 Å². The average Bonchev–Trinajstić information content (AvgIpc) is 3.15. The Kier molecular flexibility index (Phi) is 16.1. The molecule has 288 valence electrons. The molecule has 11 heteroatoms. The Morgan fingerprint density at radius 1 is 0.582 bits per heavy atom. The Balaban J connectivity index is 2.02.